The highest BCUT2D eigenvalue weighted by Crippen LogP contribution is 2.27. The molecular weight excluding hydrogens is 238 g/mol. The van der Waals surface area contributed by atoms with Crippen molar-refractivity contribution in [2.45, 2.75) is 19.8 Å². The lowest BCUT2D eigenvalue weighted by molar-refractivity contribution is -0.141. The van der Waals surface area contributed by atoms with Gasteiger partial charge in [-0.25, -0.2) is 0 Å². The zero-order valence-electron chi connectivity index (χ0n) is 9.79. The van der Waals surface area contributed by atoms with Crippen LogP contribution in [0.1, 0.15) is 25.3 Å². The summed E-state index contributed by atoms with van der Waals surface area (Å²) in [6, 6.07) is 5.72. The number of aromatic amines is 1. The monoisotopic (exact) mass is 251 g/mol. The SMILES string of the molecule is CC(=O)OCC(C)c1c[nH]c2ccc(Cl)cc12. The molecule has 0 amide bonds. The highest BCUT2D eigenvalue weighted by atomic mass is 35.5. The van der Waals surface area contributed by atoms with Gasteiger partial charge >= 0.3 is 5.97 Å². The summed E-state index contributed by atoms with van der Waals surface area (Å²) in [4.78, 5) is 14.0. The van der Waals surface area contributed by atoms with E-state index < -0.39 is 0 Å². The molecular formula is C13H14ClNO2. The van der Waals surface area contributed by atoms with Crippen molar-refractivity contribution in [2.24, 2.45) is 0 Å². The number of fused-ring (bicyclic) bond motifs is 1. The fourth-order valence-corrected chi connectivity index (χ4v) is 2.03. The molecule has 0 fully saturated rings. The van der Waals surface area contributed by atoms with Gasteiger partial charge in [0, 0.05) is 35.0 Å². The molecule has 1 N–H and O–H groups in total. The van der Waals surface area contributed by atoms with Crippen LogP contribution in [-0.4, -0.2) is 17.6 Å². The Balaban J connectivity index is 2.28. The van der Waals surface area contributed by atoms with Gasteiger partial charge in [0.15, 0.2) is 0 Å². The van der Waals surface area contributed by atoms with Gasteiger partial charge in [0.05, 0.1) is 6.61 Å². The first-order valence-corrected chi connectivity index (χ1v) is 5.85. The molecule has 0 radical (unpaired) electrons. The van der Waals surface area contributed by atoms with Gasteiger partial charge in [-0.1, -0.05) is 18.5 Å². The maximum atomic E-state index is 10.8. The Bertz CT molecular complexity index is 547. The van der Waals surface area contributed by atoms with E-state index in [0.717, 1.165) is 16.5 Å². The number of halogens is 1. The Kier molecular flexibility index (Phi) is 3.38. The molecule has 0 saturated carbocycles. The molecule has 1 aromatic carbocycles. The molecule has 0 aliphatic heterocycles. The number of carbonyl (C=O) groups is 1. The third-order valence-corrected chi connectivity index (χ3v) is 2.98. The highest BCUT2D eigenvalue weighted by molar-refractivity contribution is 6.31. The number of aromatic nitrogens is 1. The van der Waals surface area contributed by atoms with Crippen LogP contribution in [0.15, 0.2) is 24.4 Å². The minimum atomic E-state index is -0.255. The molecule has 0 saturated heterocycles. The van der Waals surface area contributed by atoms with Crippen molar-refractivity contribution in [3.63, 3.8) is 0 Å². The van der Waals surface area contributed by atoms with Gasteiger partial charge in [-0.2, -0.15) is 0 Å². The summed E-state index contributed by atoms with van der Waals surface area (Å²) < 4.78 is 5.02. The minimum Gasteiger partial charge on any atom is -0.465 e. The standard InChI is InChI=1S/C13H14ClNO2/c1-8(7-17-9(2)16)12-6-15-13-4-3-10(14)5-11(12)13/h3-6,8,15H,7H2,1-2H3. The number of ether oxygens (including phenoxy) is 1. The Labute approximate surface area is 105 Å². The molecule has 4 heteroatoms. The van der Waals surface area contributed by atoms with E-state index in [0.29, 0.717) is 11.6 Å². The normalized spacial score (nSPS) is 12.6. The Morgan fingerprint density at radius 1 is 1.53 bits per heavy atom. The van der Waals surface area contributed by atoms with Crippen molar-refractivity contribution in [3.05, 3.63) is 35.0 Å². The van der Waals surface area contributed by atoms with Crippen LogP contribution in [0.3, 0.4) is 0 Å². The maximum absolute atomic E-state index is 10.8. The third-order valence-electron chi connectivity index (χ3n) is 2.74. The summed E-state index contributed by atoms with van der Waals surface area (Å²) in [7, 11) is 0. The average Bonchev–Trinajstić information content (AvgIpc) is 2.68. The molecule has 2 rings (SSSR count). The predicted octanol–water partition coefficient (Wildman–Crippen LogP) is 3.49. The lowest BCUT2D eigenvalue weighted by atomic mass is 10.0. The fourth-order valence-electron chi connectivity index (χ4n) is 1.85. The second-order valence-electron chi connectivity index (χ2n) is 4.14. The van der Waals surface area contributed by atoms with E-state index in [1.165, 1.54) is 6.92 Å². The van der Waals surface area contributed by atoms with Crippen molar-refractivity contribution >= 4 is 28.5 Å². The van der Waals surface area contributed by atoms with Crippen molar-refractivity contribution in [2.75, 3.05) is 6.61 Å². The fraction of sp³-hybridized carbons (Fsp3) is 0.308. The van der Waals surface area contributed by atoms with Crippen LogP contribution in [0.2, 0.25) is 5.02 Å². The summed E-state index contributed by atoms with van der Waals surface area (Å²) in [6.45, 7) is 3.82. The largest absolute Gasteiger partial charge is 0.465 e. The number of hydrogen-bond donors (Lipinski definition) is 1. The molecule has 2 aromatic rings. The van der Waals surface area contributed by atoms with Crippen LogP contribution in [-0.2, 0) is 9.53 Å². The molecule has 3 nitrogen and oxygen atoms in total. The topological polar surface area (TPSA) is 42.1 Å². The van der Waals surface area contributed by atoms with Gasteiger partial charge in [0.1, 0.15) is 0 Å². The number of esters is 1. The molecule has 0 spiro atoms. The van der Waals surface area contributed by atoms with Crippen molar-refractivity contribution < 1.29 is 9.53 Å². The van der Waals surface area contributed by atoms with Crippen LogP contribution in [0.5, 0.6) is 0 Å². The Morgan fingerprint density at radius 2 is 2.29 bits per heavy atom. The average molecular weight is 252 g/mol. The summed E-state index contributed by atoms with van der Waals surface area (Å²) in [5.74, 6) is -0.110. The minimum absolute atomic E-state index is 0.145. The van der Waals surface area contributed by atoms with E-state index >= 15 is 0 Å². The Hall–Kier alpha value is -1.48. The lowest BCUT2D eigenvalue weighted by Crippen LogP contribution is -2.07. The van der Waals surface area contributed by atoms with Crippen molar-refractivity contribution in [1.29, 1.82) is 0 Å². The van der Waals surface area contributed by atoms with Gasteiger partial charge in [0.2, 0.25) is 0 Å². The first kappa shape index (κ1) is 12.0. The molecule has 90 valence electrons. The van der Waals surface area contributed by atoms with Crippen LogP contribution in [0.25, 0.3) is 10.9 Å². The smallest absolute Gasteiger partial charge is 0.302 e. The first-order chi connectivity index (χ1) is 8.08. The lowest BCUT2D eigenvalue weighted by Gasteiger charge is -2.10. The molecule has 0 aliphatic carbocycles. The van der Waals surface area contributed by atoms with Crippen LogP contribution < -0.4 is 0 Å². The maximum Gasteiger partial charge on any atom is 0.302 e. The van der Waals surface area contributed by atoms with Gasteiger partial charge in [-0.3, -0.25) is 4.79 Å². The van der Waals surface area contributed by atoms with Gasteiger partial charge < -0.3 is 9.72 Å². The number of rotatable bonds is 3. The summed E-state index contributed by atoms with van der Waals surface area (Å²) >= 11 is 5.98. The van der Waals surface area contributed by atoms with E-state index in [4.69, 9.17) is 16.3 Å². The molecule has 0 bridgehead atoms. The molecule has 1 unspecified atom stereocenters. The van der Waals surface area contributed by atoms with E-state index in [1.807, 2.05) is 31.3 Å². The number of nitrogens with one attached hydrogen (secondary N) is 1. The van der Waals surface area contributed by atoms with E-state index in [-0.39, 0.29) is 11.9 Å². The Morgan fingerprint density at radius 3 is 3.00 bits per heavy atom. The quantitative estimate of drug-likeness (QED) is 0.849. The molecule has 17 heavy (non-hydrogen) atoms. The number of H-pyrrole nitrogens is 1. The van der Waals surface area contributed by atoms with Gasteiger partial charge in [-0.05, 0) is 23.8 Å². The van der Waals surface area contributed by atoms with E-state index in [1.54, 1.807) is 0 Å². The number of benzene rings is 1. The van der Waals surface area contributed by atoms with Gasteiger partial charge in [-0.15, -0.1) is 0 Å². The van der Waals surface area contributed by atoms with Crippen molar-refractivity contribution in [3.8, 4) is 0 Å². The summed E-state index contributed by atoms with van der Waals surface area (Å²) in [5, 5.41) is 1.79. The second kappa shape index (κ2) is 4.80. The van der Waals surface area contributed by atoms with E-state index in [2.05, 4.69) is 4.98 Å². The zero-order valence-corrected chi connectivity index (χ0v) is 10.5. The highest BCUT2D eigenvalue weighted by Gasteiger charge is 2.12. The molecule has 0 aliphatic rings. The second-order valence-corrected chi connectivity index (χ2v) is 4.57. The predicted molar refractivity (Wildman–Crippen MR) is 68.4 cm³/mol. The number of carbonyl (C=O) groups excluding carboxylic acids is 1. The summed E-state index contributed by atoms with van der Waals surface area (Å²) in [5.41, 5.74) is 2.16. The first-order valence-electron chi connectivity index (χ1n) is 5.48. The summed E-state index contributed by atoms with van der Waals surface area (Å²) in [6.07, 6.45) is 1.94. The molecule has 1 heterocycles. The zero-order chi connectivity index (χ0) is 12.4. The van der Waals surface area contributed by atoms with Gasteiger partial charge in [0.25, 0.3) is 0 Å². The third kappa shape index (κ3) is 2.61. The van der Waals surface area contributed by atoms with E-state index in [9.17, 15) is 4.79 Å². The molecule has 1 atom stereocenters. The van der Waals surface area contributed by atoms with Crippen LogP contribution in [0.4, 0.5) is 0 Å². The van der Waals surface area contributed by atoms with Crippen LogP contribution >= 0.6 is 11.6 Å². The molecule has 1 aromatic heterocycles. The van der Waals surface area contributed by atoms with Crippen LogP contribution in [0, 0.1) is 0 Å². The number of hydrogen-bond acceptors (Lipinski definition) is 2. The van der Waals surface area contributed by atoms with Crippen molar-refractivity contribution in [1.82, 2.24) is 4.98 Å².